The van der Waals surface area contributed by atoms with Gasteiger partial charge < -0.3 is 14.6 Å². The molecule has 2 heterocycles. The first-order valence-corrected chi connectivity index (χ1v) is 5.80. The van der Waals surface area contributed by atoms with Crippen LogP contribution in [0.2, 0.25) is 0 Å². The molecule has 0 spiro atoms. The van der Waals surface area contributed by atoms with Gasteiger partial charge in [0, 0.05) is 38.5 Å². The quantitative estimate of drug-likeness (QED) is 0.831. The third-order valence-electron chi connectivity index (χ3n) is 2.99. The molecule has 1 atom stereocenters. The lowest BCUT2D eigenvalue weighted by atomic mass is 10.1. The van der Waals surface area contributed by atoms with Gasteiger partial charge >= 0.3 is 0 Å². The average Bonchev–Trinajstić information content (AvgIpc) is 2.79. The van der Waals surface area contributed by atoms with Crippen LogP contribution in [0.5, 0.6) is 0 Å². The standard InChI is InChI=1S/C12H18N2O2/c1-10-9-13-6-7-14(10)12(15)5-4-11-3-2-8-16-11/h2-3,8,10,13H,4-7,9H2,1H3. The first-order chi connectivity index (χ1) is 7.77. The Balaban J connectivity index is 1.83. The van der Waals surface area contributed by atoms with Crippen molar-refractivity contribution in [1.82, 2.24) is 10.2 Å². The van der Waals surface area contributed by atoms with Gasteiger partial charge in [-0.15, -0.1) is 0 Å². The number of piperazine rings is 1. The van der Waals surface area contributed by atoms with Gasteiger partial charge in [-0.05, 0) is 19.1 Å². The van der Waals surface area contributed by atoms with Gasteiger partial charge in [-0.3, -0.25) is 4.79 Å². The molecular formula is C12H18N2O2. The van der Waals surface area contributed by atoms with Crippen molar-refractivity contribution in [2.75, 3.05) is 19.6 Å². The zero-order chi connectivity index (χ0) is 11.4. The van der Waals surface area contributed by atoms with E-state index in [0.717, 1.165) is 25.4 Å². The summed E-state index contributed by atoms with van der Waals surface area (Å²) in [6.45, 7) is 4.69. The van der Waals surface area contributed by atoms with Crippen LogP contribution in [0.3, 0.4) is 0 Å². The van der Waals surface area contributed by atoms with Crippen LogP contribution in [-0.4, -0.2) is 36.5 Å². The molecule has 16 heavy (non-hydrogen) atoms. The molecule has 4 nitrogen and oxygen atoms in total. The highest BCUT2D eigenvalue weighted by molar-refractivity contribution is 5.76. The number of carbonyl (C=O) groups excluding carboxylic acids is 1. The molecule has 0 aliphatic carbocycles. The van der Waals surface area contributed by atoms with Crippen LogP contribution in [0.25, 0.3) is 0 Å². The highest BCUT2D eigenvalue weighted by Gasteiger charge is 2.22. The Hall–Kier alpha value is -1.29. The summed E-state index contributed by atoms with van der Waals surface area (Å²) in [6.07, 6.45) is 2.88. The fraction of sp³-hybridized carbons (Fsp3) is 0.583. The normalized spacial score (nSPS) is 21.1. The van der Waals surface area contributed by atoms with Crippen LogP contribution in [0, 0.1) is 0 Å². The predicted octanol–water partition coefficient (Wildman–Crippen LogP) is 1.03. The van der Waals surface area contributed by atoms with Crippen molar-refractivity contribution in [3.63, 3.8) is 0 Å². The Morgan fingerprint density at radius 2 is 2.56 bits per heavy atom. The lowest BCUT2D eigenvalue weighted by Gasteiger charge is -2.34. The summed E-state index contributed by atoms with van der Waals surface area (Å²) in [7, 11) is 0. The van der Waals surface area contributed by atoms with Crippen LogP contribution in [0.15, 0.2) is 22.8 Å². The van der Waals surface area contributed by atoms with Crippen molar-refractivity contribution in [3.05, 3.63) is 24.2 Å². The lowest BCUT2D eigenvalue weighted by molar-refractivity contribution is -0.133. The third kappa shape index (κ3) is 2.64. The number of carbonyl (C=O) groups is 1. The molecule has 0 saturated carbocycles. The first-order valence-electron chi connectivity index (χ1n) is 5.80. The van der Waals surface area contributed by atoms with Crippen molar-refractivity contribution in [2.45, 2.75) is 25.8 Å². The van der Waals surface area contributed by atoms with Crippen molar-refractivity contribution in [2.24, 2.45) is 0 Å². The molecule has 0 aromatic carbocycles. The van der Waals surface area contributed by atoms with Crippen LogP contribution in [0.4, 0.5) is 0 Å². The SMILES string of the molecule is CC1CNCCN1C(=O)CCc1ccco1. The molecule has 1 saturated heterocycles. The molecule has 88 valence electrons. The van der Waals surface area contributed by atoms with E-state index in [-0.39, 0.29) is 5.91 Å². The molecule has 1 unspecified atom stereocenters. The number of amides is 1. The molecule has 1 aromatic rings. The van der Waals surface area contributed by atoms with Crippen LogP contribution >= 0.6 is 0 Å². The van der Waals surface area contributed by atoms with E-state index in [2.05, 4.69) is 12.2 Å². The van der Waals surface area contributed by atoms with Crippen molar-refractivity contribution in [1.29, 1.82) is 0 Å². The number of nitrogens with zero attached hydrogens (tertiary/aromatic N) is 1. The molecule has 0 radical (unpaired) electrons. The number of hydrogen-bond donors (Lipinski definition) is 1. The van der Waals surface area contributed by atoms with Gasteiger partial charge in [0.25, 0.3) is 0 Å². The predicted molar refractivity (Wildman–Crippen MR) is 61.1 cm³/mol. The van der Waals surface area contributed by atoms with E-state index >= 15 is 0 Å². The second kappa shape index (κ2) is 5.16. The third-order valence-corrected chi connectivity index (χ3v) is 2.99. The monoisotopic (exact) mass is 222 g/mol. The van der Waals surface area contributed by atoms with Gasteiger partial charge in [0.2, 0.25) is 5.91 Å². The molecule has 1 aliphatic rings. The fourth-order valence-electron chi connectivity index (χ4n) is 2.04. The van der Waals surface area contributed by atoms with Gasteiger partial charge in [-0.1, -0.05) is 0 Å². The molecular weight excluding hydrogens is 204 g/mol. The van der Waals surface area contributed by atoms with E-state index < -0.39 is 0 Å². The minimum absolute atomic E-state index is 0.227. The number of hydrogen-bond acceptors (Lipinski definition) is 3. The zero-order valence-corrected chi connectivity index (χ0v) is 9.61. The summed E-state index contributed by atoms with van der Waals surface area (Å²) >= 11 is 0. The Labute approximate surface area is 95.6 Å². The summed E-state index contributed by atoms with van der Waals surface area (Å²) in [5.41, 5.74) is 0. The molecule has 1 fully saturated rings. The number of aryl methyl sites for hydroxylation is 1. The van der Waals surface area contributed by atoms with Crippen LogP contribution < -0.4 is 5.32 Å². The summed E-state index contributed by atoms with van der Waals surface area (Å²) in [4.78, 5) is 13.9. The Morgan fingerprint density at radius 1 is 1.69 bits per heavy atom. The topological polar surface area (TPSA) is 45.5 Å². The molecule has 1 aliphatic heterocycles. The maximum absolute atomic E-state index is 12.0. The molecule has 2 rings (SSSR count). The van der Waals surface area contributed by atoms with E-state index in [1.165, 1.54) is 0 Å². The molecule has 1 N–H and O–H groups in total. The van der Waals surface area contributed by atoms with Crippen molar-refractivity contribution >= 4 is 5.91 Å². The second-order valence-corrected chi connectivity index (χ2v) is 4.22. The Kier molecular flexibility index (Phi) is 3.62. The largest absolute Gasteiger partial charge is 0.469 e. The summed E-state index contributed by atoms with van der Waals surface area (Å²) in [6, 6.07) is 4.07. The van der Waals surface area contributed by atoms with E-state index in [4.69, 9.17) is 4.42 Å². The van der Waals surface area contributed by atoms with Crippen LogP contribution in [-0.2, 0) is 11.2 Å². The van der Waals surface area contributed by atoms with E-state index in [1.807, 2.05) is 17.0 Å². The van der Waals surface area contributed by atoms with E-state index in [0.29, 0.717) is 18.9 Å². The second-order valence-electron chi connectivity index (χ2n) is 4.22. The molecule has 4 heteroatoms. The van der Waals surface area contributed by atoms with Crippen LogP contribution in [0.1, 0.15) is 19.1 Å². The highest BCUT2D eigenvalue weighted by Crippen LogP contribution is 2.09. The van der Waals surface area contributed by atoms with E-state index in [1.54, 1.807) is 6.26 Å². The van der Waals surface area contributed by atoms with Gasteiger partial charge in [0.05, 0.1) is 6.26 Å². The lowest BCUT2D eigenvalue weighted by Crippen LogP contribution is -2.52. The minimum Gasteiger partial charge on any atom is -0.469 e. The number of nitrogens with one attached hydrogen (secondary N) is 1. The molecule has 1 amide bonds. The van der Waals surface area contributed by atoms with Gasteiger partial charge in [0.15, 0.2) is 0 Å². The molecule has 0 bridgehead atoms. The van der Waals surface area contributed by atoms with E-state index in [9.17, 15) is 4.79 Å². The number of rotatable bonds is 3. The zero-order valence-electron chi connectivity index (χ0n) is 9.61. The maximum atomic E-state index is 12.0. The van der Waals surface area contributed by atoms with Gasteiger partial charge in [0.1, 0.15) is 5.76 Å². The average molecular weight is 222 g/mol. The maximum Gasteiger partial charge on any atom is 0.223 e. The summed E-state index contributed by atoms with van der Waals surface area (Å²) < 4.78 is 5.21. The summed E-state index contributed by atoms with van der Waals surface area (Å²) in [5, 5.41) is 3.28. The Bertz CT molecular complexity index is 335. The first kappa shape index (κ1) is 11.2. The Morgan fingerprint density at radius 3 is 3.25 bits per heavy atom. The highest BCUT2D eigenvalue weighted by atomic mass is 16.3. The molecule has 1 aromatic heterocycles. The smallest absolute Gasteiger partial charge is 0.223 e. The van der Waals surface area contributed by atoms with Gasteiger partial charge in [-0.25, -0.2) is 0 Å². The van der Waals surface area contributed by atoms with Crippen molar-refractivity contribution in [3.8, 4) is 0 Å². The summed E-state index contributed by atoms with van der Waals surface area (Å²) in [5.74, 6) is 1.11. The van der Waals surface area contributed by atoms with Gasteiger partial charge in [-0.2, -0.15) is 0 Å². The van der Waals surface area contributed by atoms with Crippen molar-refractivity contribution < 1.29 is 9.21 Å². The number of furan rings is 1. The minimum atomic E-state index is 0.227. The fourth-order valence-corrected chi connectivity index (χ4v) is 2.04.